The van der Waals surface area contributed by atoms with Crippen LogP contribution < -0.4 is 0 Å². The molecule has 2 aliphatic heterocycles. The first kappa shape index (κ1) is 33.7. The number of nitrogens with zero attached hydrogens (tertiary/aromatic N) is 1. The Morgan fingerprint density at radius 3 is 2.59 bits per heavy atom. The highest BCUT2D eigenvalue weighted by Gasteiger charge is 2.85. The molecule has 0 bridgehead atoms. The molecule has 0 unspecified atom stereocenters. The third-order valence-corrected chi connectivity index (χ3v) is 14.9. The van der Waals surface area contributed by atoms with Crippen molar-refractivity contribution in [3.63, 3.8) is 0 Å². The lowest BCUT2D eigenvalue weighted by molar-refractivity contribution is -0.242. The van der Waals surface area contributed by atoms with Gasteiger partial charge in [-0.15, -0.1) is 0 Å². The van der Waals surface area contributed by atoms with Crippen molar-refractivity contribution in [3.8, 4) is 0 Å². The van der Waals surface area contributed by atoms with E-state index in [1.807, 2.05) is 0 Å². The summed E-state index contributed by atoms with van der Waals surface area (Å²) < 4.78 is 25.1. The summed E-state index contributed by atoms with van der Waals surface area (Å²) in [4.78, 5) is 14.3. The Kier molecular flexibility index (Phi) is 7.96. The van der Waals surface area contributed by atoms with E-state index >= 15 is 0 Å². The number of rotatable bonds is 6. The van der Waals surface area contributed by atoms with Gasteiger partial charge in [-0.05, 0) is 112 Å². The third-order valence-electron chi connectivity index (χ3n) is 14.9. The number of carbonyl (C=O) groups excluding carboxylic acids is 1. The zero-order valence-electron chi connectivity index (χ0n) is 29.5. The Morgan fingerprint density at radius 2 is 1.91 bits per heavy atom. The van der Waals surface area contributed by atoms with Gasteiger partial charge in [-0.25, -0.2) is 0 Å². The van der Waals surface area contributed by atoms with Crippen molar-refractivity contribution in [2.45, 2.75) is 137 Å². The number of morpholine rings is 1. The van der Waals surface area contributed by atoms with Gasteiger partial charge >= 0.3 is 5.97 Å². The molecule has 7 rings (SSSR count). The lowest BCUT2D eigenvalue weighted by Crippen LogP contribution is -2.59. The summed E-state index contributed by atoms with van der Waals surface area (Å²) in [5, 5.41) is 23.4. The molecule has 2 heterocycles. The highest BCUT2D eigenvalue weighted by molar-refractivity contribution is 5.66. The second kappa shape index (κ2) is 10.9. The number of hydrogen-bond acceptors (Lipinski definition) is 8. The van der Waals surface area contributed by atoms with Crippen molar-refractivity contribution < 1.29 is 34.0 Å². The Balaban J connectivity index is 1.14. The van der Waals surface area contributed by atoms with Crippen molar-refractivity contribution in [1.29, 1.82) is 0 Å². The van der Waals surface area contributed by atoms with E-state index in [1.54, 1.807) is 19.8 Å². The largest absolute Gasteiger partial charge is 0.456 e. The molecule has 2 saturated heterocycles. The summed E-state index contributed by atoms with van der Waals surface area (Å²) in [5.74, 6) is 1.97. The third kappa shape index (κ3) is 4.48. The number of ether oxygens (including phenoxy) is 4. The number of esters is 1. The summed E-state index contributed by atoms with van der Waals surface area (Å²) in [7, 11) is 0. The maximum Gasteiger partial charge on any atom is 0.303 e. The molecule has 2 N–H and O–H groups in total. The molecule has 7 aliphatic rings. The van der Waals surface area contributed by atoms with Crippen molar-refractivity contribution >= 4 is 5.97 Å². The predicted molar refractivity (Wildman–Crippen MR) is 172 cm³/mol. The Morgan fingerprint density at radius 1 is 1.17 bits per heavy atom. The van der Waals surface area contributed by atoms with Gasteiger partial charge in [-0.2, -0.15) is 0 Å². The van der Waals surface area contributed by atoms with Crippen LogP contribution in [0.3, 0.4) is 0 Å². The van der Waals surface area contributed by atoms with E-state index in [0.717, 1.165) is 51.3 Å². The summed E-state index contributed by atoms with van der Waals surface area (Å²) in [6.07, 6.45) is 7.92. The van der Waals surface area contributed by atoms with Gasteiger partial charge in [0.25, 0.3) is 0 Å². The number of carbonyl (C=O) groups is 1. The van der Waals surface area contributed by atoms with Crippen LogP contribution in [0, 0.1) is 69.9 Å². The molecule has 8 heteroatoms. The van der Waals surface area contributed by atoms with E-state index in [1.165, 1.54) is 19.8 Å². The maximum absolute atomic E-state index is 12.5. The summed E-state index contributed by atoms with van der Waals surface area (Å²) in [6.45, 7) is 25.2. The minimum Gasteiger partial charge on any atom is -0.456 e. The molecule has 0 aromatic carbocycles. The monoisotopic (exact) mass is 640 g/mol. The lowest BCUT2D eigenvalue weighted by atomic mass is 9.41. The van der Waals surface area contributed by atoms with Crippen LogP contribution in [0.5, 0.6) is 0 Å². The van der Waals surface area contributed by atoms with Crippen molar-refractivity contribution in [1.82, 2.24) is 4.90 Å². The lowest BCUT2D eigenvalue weighted by Gasteiger charge is -2.63. The van der Waals surface area contributed by atoms with Crippen LogP contribution in [0.2, 0.25) is 0 Å². The topological polar surface area (TPSA) is 97.7 Å². The molecule has 46 heavy (non-hydrogen) atoms. The van der Waals surface area contributed by atoms with E-state index in [-0.39, 0.29) is 45.9 Å². The van der Waals surface area contributed by atoms with E-state index in [9.17, 15) is 15.0 Å². The molecule has 2 spiro atoms. The van der Waals surface area contributed by atoms with Crippen LogP contribution in [0.1, 0.15) is 107 Å². The molecule has 7 fully saturated rings. The average molecular weight is 641 g/mol. The Hall–Kier alpha value is -0.770. The van der Waals surface area contributed by atoms with Gasteiger partial charge in [0.1, 0.15) is 12.2 Å². The first-order valence-corrected chi connectivity index (χ1v) is 18.0. The molecule has 0 aromatic rings. The van der Waals surface area contributed by atoms with Crippen molar-refractivity contribution in [2.75, 3.05) is 26.2 Å². The van der Waals surface area contributed by atoms with E-state index in [4.69, 9.17) is 25.9 Å². The zero-order valence-corrected chi connectivity index (χ0v) is 29.5. The first-order chi connectivity index (χ1) is 21.5. The van der Waals surface area contributed by atoms with Gasteiger partial charge in [0.05, 0.1) is 24.4 Å². The van der Waals surface area contributed by atoms with Gasteiger partial charge < -0.3 is 29.2 Å². The molecule has 0 aromatic heterocycles. The standard InChI is InChI=1S/C38H58NO7/c1-10-39-17-18-43-28(20-39)46-27-13-14-37-21-38(37)16-15-35(8)29-22(2)19-24(32(34(6,7)42)44-23(3)40)45-30(29)31(41)36(35,9)26(38)12-11-25(37)33(27,4)5/h1,22,25,27-29,31-32,41-42H,10-21H2,2-9H3/t22-,25+,27+,28+,29+,31+,32+,35-,36-,37-,38+/m1/s1. The van der Waals surface area contributed by atoms with Crippen LogP contribution in [0.15, 0.2) is 0 Å². The molecule has 5 radical (unpaired) electrons. The molecule has 0 amide bonds. The fourth-order valence-electron chi connectivity index (χ4n) is 12.7. The van der Waals surface area contributed by atoms with Gasteiger partial charge in [-0.1, -0.05) is 34.6 Å². The highest BCUT2D eigenvalue weighted by atomic mass is 16.7. The fraction of sp³-hybridized carbons (Fsp3) is 0.868. The smallest absolute Gasteiger partial charge is 0.303 e. The molecule has 5 saturated carbocycles. The van der Waals surface area contributed by atoms with E-state index < -0.39 is 29.2 Å². The average Bonchev–Trinajstić information content (AvgIpc) is 3.61. The molecule has 5 aliphatic carbocycles. The number of hydrogen-bond donors (Lipinski definition) is 2. The Labute approximate surface area is 277 Å². The minimum atomic E-state index is -1.31. The first-order valence-electron chi connectivity index (χ1n) is 18.0. The maximum atomic E-state index is 12.5. The molecule has 8 nitrogen and oxygen atoms in total. The highest BCUT2D eigenvalue weighted by Crippen LogP contribution is 2.90. The van der Waals surface area contributed by atoms with Gasteiger partial charge in [-0.3, -0.25) is 9.69 Å². The number of aliphatic hydroxyl groups is 2. The number of fused-ring (bicyclic) bond motifs is 4. The fourth-order valence-corrected chi connectivity index (χ4v) is 12.7. The normalized spacial score (nSPS) is 48.4. The molecule has 11 atom stereocenters. The van der Waals surface area contributed by atoms with E-state index in [0.29, 0.717) is 31.6 Å². The van der Waals surface area contributed by atoms with Crippen LogP contribution in [-0.4, -0.2) is 77.5 Å². The van der Waals surface area contributed by atoms with Crippen LogP contribution in [0.4, 0.5) is 0 Å². The molecule has 257 valence electrons. The summed E-state index contributed by atoms with van der Waals surface area (Å²) in [5.41, 5.74) is -1.42. The van der Waals surface area contributed by atoms with Gasteiger partial charge in [0.15, 0.2) is 12.4 Å². The second-order valence-electron chi connectivity index (χ2n) is 17.8. The second-order valence-corrected chi connectivity index (χ2v) is 17.8. The summed E-state index contributed by atoms with van der Waals surface area (Å²) >= 11 is 0. The molecular formula is C38H58NO7. The summed E-state index contributed by atoms with van der Waals surface area (Å²) in [6, 6.07) is 0. The van der Waals surface area contributed by atoms with Crippen LogP contribution >= 0.6 is 0 Å². The van der Waals surface area contributed by atoms with Crippen molar-refractivity contribution in [3.05, 3.63) is 25.0 Å². The van der Waals surface area contributed by atoms with Crippen LogP contribution in [-0.2, 0) is 23.7 Å². The predicted octanol–water partition coefficient (Wildman–Crippen LogP) is 5.54. The van der Waals surface area contributed by atoms with E-state index in [2.05, 4.69) is 39.5 Å². The number of aliphatic hydroxyl groups excluding tert-OH is 1. The Bertz CT molecular complexity index is 1200. The van der Waals surface area contributed by atoms with Gasteiger partial charge in [0, 0.05) is 37.9 Å². The van der Waals surface area contributed by atoms with Crippen LogP contribution in [0.25, 0.3) is 0 Å². The zero-order chi connectivity index (χ0) is 33.2. The van der Waals surface area contributed by atoms with Crippen molar-refractivity contribution in [2.24, 2.45) is 44.8 Å². The quantitative estimate of drug-likeness (QED) is 0.366. The molecular weight excluding hydrogens is 582 g/mol. The SMILES string of the molecule is [CH]CN1CCO[C@@H](O[C@H]2CC[C@]34C[C@]35CC[C@]3(C)[C@@H]6[C](O[C]([C@H](OC(C)=O)C(C)(C)O)C[C@H]6C)[C@H](O)[C@@]3(C)[C]5CC[C@H]4C2(C)C)C1. The van der Waals surface area contributed by atoms with Gasteiger partial charge in [0.2, 0.25) is 0 Å². The minimum absolute atomic E-state index is 0.0185.